The van der Waals surface area contributed by atoms with Gasteiger partial charge in [0, 0.05) is 19.6 Å². The molecule has 1 aliphatic rings. The lowest BCUT2D eigenvalue weighted by molar-refractivity contribution is 0.0926. The molecule has 3 amide bonds. The zero-order valence-electron chi connectivity index (χ0n) is 13.3. The fourth-order valence-corrected chi connectivity index (χ4v) is 2.71. The van der Waals surface area contributed by atoms with E-state index in [2.05, 4.69) is 28.1 Å². The molecule has 2 aromatic rings. The van der Waals surface area contributed by atoms with Crippen molar-refractivity contribution < 1.29 is 14.0 Å². The first-order chi connectivity index (χ1) is 11.7. The maximum absolute atomic E-state index is 11.7. The number of benzene rings is 1. The van der Waals surface area contributed by atoms with Gasteiger partial charge in [-0.2, -0.15) is 0 Å². The molecule has 3 N–H and O–H groups in total. The topological polar surface area (TPSA) is 83.4 Å². The minimum Gasteiger partial charge on any atom is -0.459 e. The van der Waals surface area contributed by atoms with Crippen LogP contribution in [0.5, 0.6) is 0 Å². The molecule has 0 saturated heterocycles. The van der Waals surface area contributed by atoms with E-state index in [4.69, 9.17) is 4.42 Å². The summed E-state index contributed by atoms with van der Waals surface area (Å²) in [6.45, 7) is 1.39. The molecule has 3 rings (SSSR count). The fourth-order valence-electron chi connectivity index (χ4n) is 2.71. The van der Waals surface area contributed by atoms with E-state index in [0.29, 0.717) is 31.5 Å². The van der Waals surface area contributed by atoms with Crippen LogP contribution in [0.3, 0.4) is 0 Å². The van der Waals surface area contributed by atoms with Gasteiger partial charge >= 0.3 is 6.03 Å². The van der Waals surface area contributed by atoms with Crippen molar-refractivity contribution in [3.63, 3.8) is 0 Å². The molecule has 1 aromatic heterocycles. The Morgan fingerprint density at radius 1 is 1.00 bits per heavy atom. The Morgan fingerprint density at radius 3 is 2.54 bits per heavy atom. The van der Waals surface area contributed by atoms with E-state index in [1.54, 1.807) is 12.1 Å². The third-order valence-electron chi connectivity index (χ3n) is 4.12. The average Bonchev–Trinajstić information content (AvgIpc) is 3.18. The normalized spacial score (nSPS) is 18.7. The monoisotopic (exact) mass is 327 g/mol. The number of carbonyl (C=O) groups excluding carboxylic acids is 2. The van der Waals surface area contributed by atoms with Gasteiger partial charge in [-0.25, -0.2) is 4.79 Å². The Morgan fingerprint density at radius 2 is 1.79 bits per heavy atom. The van der Waals surface area contributed by atoms with E-state index in [1.807, 2.05) is 18.2 Å². The highest BCUT2D eigenvalue weighted by molar-refractivity contribution is 5.91. The number of nitrogens with one attached hydrogen (secondary N) is 3. The molecule has 1 aliphatic carbocycles. The van der Waals surface area contributed by atoms with Gasteiger partial charge in [-0.3, -0.25) is 4.79 Å². The van der Waals surface area contributed by atoms with Crippen molar-refractivity contribution in [2.45, 2.75) is 12.3 Å². The van der Waals surface area contributed by atoms with Gasteiger partial charge in [-0.15, -0.1) is 0 Å². The van der Waals surface area contributed by atoms with Crippen LogP contribution in [0.1, 0.15) is 28.5 Å². The molecule has 6 nitrogen and oxygen atoms in total. The van der Waals surface area contributed by atoms with E-state index in [9.17, 15) is 9.59 Å². The number of carbonyl (C=O) groups is 2. The molecule has 1 fully saturated rings. The van der Waals surface area contributed by atoms with Crippen LogP contribution >= 0.6 is 0 Å². The molecule has 0 radical (unpaired) electrons. The predicted octanol–water partition coefficient (Wildman–Crippen LogP) is 2.11. The average molecular weight is 327 g/mol. The molecule has 126 valence electrons. The SMILES string of the molecule is O=C(NCCNC(=O)c1ccco1)NC[C@H]1C[C@@H]1c1ccccc1. The van der Waals surface area contributed by atoms with Crippen LogP contribution in [0.25, 0.3) is 0 Å². The predicted molar refractivity (Wildman–Crippen MR) is 89.7 cm³/mol. The Kier molecular flexibility index (Phi) is 5.15. The van der Waals surface area contributed by atoms with Crippen LogP contribution in [-0.2, 0) is 0 Å². The summed E-state index contributed by atoms with van der Waals surface area (Å²) in [5, 5.41) is 8.28. The minimum absolute atomic E-state index is 0.207. The molecule has 24 heavy (non-hydrogen) atoms. The number of urea groups is 1. The molecule has 1 aromatic carbocycles. The summed E-state index contributed by atoms with van der Waals surface area (Å²) in [5.41, 5.74) is 1.34. The molecule has 2 atom stereocenters. The molecule has 0 unspecified atom stereocenters. The maximum atomic E-state index is 11.7. The molecular formula is C18H21N3O3. The van der Waals surface area contributed by atoms with Crippen LogP contribution in [0, 0.1) is 5.92 Å². The molecule has 0 spiro atoms. The Balaban J connectivity index is 1.27. The summed E-state index contributed by atoms with van der Waals surface area (Å²) >= 11 is 0. The number of amides is 3. The van der Waals surface area contributed by atoms with Crippen molar-refractivity contribution >= 4 is 11.9 Å². The van der Waals surface area contributed by atoms with Crippen molar-refractivity contribution in [3.05, 3.63) is 60.1 Å². The molecule has 6 heteroatoms. The van der Waals surface area contributed by atoms with Crippen molar-refractivity contribution in [1.29, 1.82) is 0 Å². The first-order valence-corrected chi connectivity index (χ1v) is 8.12. The summed E-state index contributed by atoms with van der Waals surface area (Å²) in [7, 11) is 0. The van der Waals surface area contributed by atoms with Gasteiger partial charge in [0.15, 0.2) is 5.76 Å². The number of hydrogen-bond donors (Lipinski definition) is 3. The van der Waals surface area contributed by atoms with E-state index >= 15 is 0 Å². The van der Waals surface area contributed by atoms with Crippen molar-refractivity contribution in [1.82, 2.24) is 16.0 Å². The summed E-state index contributed by atoms with van der Waals surface area (Å²) < 4.78 is 4.98. The third kappa shape index (κ3) is 4.38. The largest absolute Gasteiger partial charge is 0.459 e. The van der Waals surface area contributed by atoms with Crippen molar-refractivity contribution in [2.75, 3.05) is 19.6 Å². The van der Waals surface area contributed by atoms with Crippen LogP contribution in [-0.4, -0.2) is 31.6 Å². The van der Waals surface area contributed by atoms with Gasteiger partial charge in [0.2, 0.25) is 0 Å². The number of hydrogen-bond acceptors (Lipinski definition) is 3. The number of rotatable bonds is 7. The first-order valence-electron chi connectivity index (χ1n) is 8.12. The molecule has 1 saturated carbocycles. The van der Waals surface area contributed by atoms with Gasteiger partial charge < -0.3 is 20.4 Å². The van der Waals surface area contributed by atoms with Gasteiger partial charge in [-0.05, 0) is 36.0 Å². The Bertz CT molecular complexity index is 670. The lowest BCUT2D eigenvalue weighted by Crippen LogP contribution is -2.41. The molecular weight excluding hydrogens is 306 g/mol. The van der Waals surface area contributed by atoms with Crippen LogP contribution in [0.2, 0.25) is 0 Å². The highest BCUT2D eigenvalue weighted by atomic mass is 16.3. The fraction of sp³-hybridized carbons (Fsp3) is 0.333. The van der Waals surface area contributed by atoms with Gasteiger partial charge in [0.05, 0.1) is 6.26 Å². The van der Waals surface area contributed by atoms with Crippen LogP contribution < -0.4 is 16.0 Å². The highest BCUT2D eigenvalue weighted by Gasteiger charge is 2.37. The quantitative estimate of drug-likeness (QED) is 0.681. The lowest BCUT2D eigenvalue weighted by Gasteiger charge is -2.08. The standard InChI is InChI=1S/C18H21N3O3/c22-17(16-7-4-10-24-16)19-8-9-20-18(23)21-12-14-11-15(14)13-5-2-1-3-6-13/h1-7,10,14-15H,8-9,11-12H2,(H,19,22)(H2,20,21,23)/t14-,15-/m1/s1. The third-order valence-corrected chi connectivity index (χ3v) is 4.12. The van der Waals surface area contributed by atoms with E-state index in [0.717, 1.165) is 6.42 Å². The first kappa shape index (κ1) is 16.1. The molecule has 0 bridgehead atoms. The smallest absolute Gasteiger partial charge is 0.314 e. The Labute approximate surface area is 140 Å². The lowest BCUT2D eigenvalue weighted by atomic mass is 10.1. The van der Waals surface area contributed by atoms with E-state index in [-0.39, 0.29) is 17.7 Å². The molecule has 0 aliphatic heterocycles. The number of furan rings is 1. The summed E-state index contributed by atoms with van der Waals surface area (Å²) in [5.74, 6) is 1.04. The maximum Gasteiger partial charge on any atom is 0.314 e. The highest BCUT2D eigenvalue weighted by Crippen LogP contribution is 2.46. The van der Waals surface area contributed by atoms with E-state index < -0.39 is 0 Å². The van der Waals surface area contributed by atoms with E-state index in [1.165, 1.54) is 11.8 Å². The minimum atomic E-state index is -0.286. The summed E-state index contributed by atoms with van der Waals surface area (Å²) in [4.78, 5) is 23.3. The summed E-state index contributed by atoms with van der Waals surface area (Å²) in [6.07, 6.45) is 2.56. The molecule has 1 heterocycles. The van der Waals surface area contributed by atoms with Crippen LogP contribution in [0.15, 0.2) is 53.1 Å². The summed E-state index contributed by atoms with van der Waals surface area (Å²) in [6, 6.07) is 13.4. The van der Waals surface area contributed by atoms with Crippen molar-refractivity contribution in [2.24, 2.45) is 5.92 Å². The Hall–Kier alpha value is -2.76. The van der Waals surface area contributed by atoms with Gasteiger partial charge in [-0.1, -0.05) is 30.3 Å². The van der Waals surface area contributed by atoms with Gasteiger partial charge in [0.1, 0.15) is 0 Å². The second-order valence-electron chi connectivity index (χ2n) is 5.88. The zero-order chi connectivity index (χ0) is 16.8. The zero-order valence-corrected chi connectivity index (χ0v) is 13.3. The van der Waals surface area contributed by atoms with Crippen LogP contribution in [0.4, 0.5) is 4.79 Å². The van der Waals surface area contributed by atoms with Gasteiger partial charge in [0.25, 0.3) is 5.91 Å². The second-order valence-corrected chi connectivity index (χ2v) is 5.88. The van der Waals surface area contributed by atoms with Crippen molar-refractivity contribution in [3.8, 4) is 0 Å². The second kappa shape index (κ2) is 7.68.